The summed E-state index contributed by atoms with van der Waals surface area (Å²) in [5.74, 6) is -1.50. The van der Waals surface area contributed by atoms with Gasteiger partial charge in [0, 0.05) is 62.6 Å². The maximum absolute atomic E-state index is 13.0. The average Bonchev–Trinajstić information content (AvgIpc) is 3.94. The van der Waals surface area contributed by atoms with Crippen LogP contribution in [0.15, 0.2) is 21.2 Å². The fourth-order valence-corrected chi connectivity index (χ4v) is 10.9. The largest absolute Gasteiger partial charge is 0.480 e. The Morgan fingerprint density at radius 1 is 0.667 bits per heavy atom. The highest BCUT2D eigenvalue weighted by atomic mass is 32.2. The number of carboxylic acids is 1. The molecule has 2 atom stereocenters. The Bertz CT molecular complexity index is 1970. The second kappa shape index (κ2) is 22.3. The molecule has 6 rings (SSSR count). The van der Waals surface area contributed by atoms with E-state index in [1.54, 1.807) is 12.1 Å². The summed E-state index contributed by atoms with van der Waals surface area (Å²) < 4.78 is 90.0. The van der Waals surface area contributed by atoms with Crippen LogP contribution in [0.25, 0.3) is 0 Å². The summed E-state index contributed by atoms with van der Waals surface area (Å²) in [5.41, 5.74) is 6.24. The molecule has 2 aromatic rings. The number of hydrogen-bond acceptors (Lipinski definition) is 17. The van der Waals surface area contributed by atoms with Crippen LogP contribution in [-0.2, 0) is 68.5 Å². The molecule has 21 heteroatoms. The first-order chi connectivity index (χ1) is 29.4. The summed E-state index contributed by atoms with van der Waals surface area (Å²) in [6, 6.07) is 3.35. The normalized spacial score (nSPS) is 21.3. The number of carbonyl (C=O) groups is 2. The Morgan fingerprint density at radius 3 is 1.49 bits per heavy atom. The summed E-state index contributed by atoms with van der Waals surface area (Å²) in [4.78, 5) is 23.8. The van der Waals surface area contributed by atoms with Crippen molar-refractivity contribution in [1.29, 1.82) is 0 Å². The first kappa shape index (κ1) is 52.4. The Labute approximate surface area is 371 Å². The Balaban J connectivity index is 0.000000229. The van der Waals surface area contributed by atoms with E-state index in [0.717, 1.165) is 44.4 Å². The van der Waals surface area contributed by atoms with Crippen molar-refractivity contribution < 1.29 is 69.0 Å². The number of nitrogens with zero attached hydrogens (tertiary/aromatic N) is 2. The second-order valence-electron chi connectivity index (χ2n) is 18.7. The minimum absolute atomic E-state index is 0.0766. The molecule has 4 fully saturated rings. The minimum atomic E-state index is -3.71. The first-order valence-corrected chi connectivity index (χ1v) is 24.8. The molecule has 4 aliphatic heterocycles. The number of amides is 1. The van der Waals surface area contributed by atoms with Crippen LogP contribution in [0.1, 0.15) is 131 Å². The third-order valence-electron chi connectivity index (χ3n) is 11.9. The Kier molecular flexibility index (Phi) is 18.6. The van der Waals surface area contributed by atoms with E-state index in [9.17, 15) is 26.4 Å². The fraction of sp³-hybridized carbons (Fsp3) is 0.810. The summed E-state index contributed by atoms with van der Waals surface area (Å²) in [5, 5.41) is 18.3. The SMILES string of the molecule is CC(C)(C(=O)O)S(=O)(=O)C1CCOCC1.CC(C)(COC1CCCCO1)c1cc(N)on1.CC(C)(COC1CCCCO1)c1cc(NC(=O)C(C)(C)S(=O)(=O)C2CCOCC2)on1. The summed E-state index contributed by atoms with van der Waals surface area (Å²) >= 11 is 0. The molecule has 0 spiro atoms. The van der Waals surface area contributed by atoms with Gasteiger partial charge in [-0.3, -0.25) is 14.9 Å². The van der Waals surface area contributed by atoms with Gasteiger partial charge in [0.05, 0.1) is 35.1 Å². The van der Waals surface area contributed by atoms with Gasteiger partial charge in [-0.25, -0.2) is 16.8 Å². The van der Waals surface area contributed by atoms with Crippen LogP contribution in [0.4, 0.5) is 11.8 Å². The number of rotatable bonds is 15. The predicted octanol–water partition coefficient (Wildman–Crippen LogP) is 5.33. The van der Waals surface area contributed by atoms with Gasteiger partial charge in [-0.2, -0.15) is 0 Å². The number of carbonyl (C=O) groups excluding carboxylic acids is 1. The number of nitrogens with one attached hydrogen (secondary N) is 1. The number of nitrogen functional groups attached to an aromatic ring is 1. The highest BCUT2D eigenvalue weighted by Gasteiger charge is 2.48. The van der Waals surface area contributed by atoms with Crippen molar-refractivity contribution in [3.63, 3.8) is 0 Å². The fourth-order valence-electron chi connectivity index (χ4n) is 7.02. The summed E-state index contributed by atoms with van der Waals surface area (Å²) in [7, 11) is -7.35. The first-order valence-electron chi connectivity index (χ1n) is 21.8. The van der Waals surface area contributed by atoms with Crippen molar-refractivity contribution in [3.05, 3.63) is 23.5 Å². The number of sulfone groups is 2. The highest BCUT2D eigenvalue weighted by molar-refractivity contribution is 7.94. The standard InChI is InChI=1S/C21H34N2O7S.C12H20N2O3.C9H16O5S/c1-20(2,14-29-18-7-5-6-10-28-18)16-13-17(30-23-16)22-19(24)21(3,4)31(25,26)15-8-11-27-12-9-15;1-12(2,9-7-10(13)17-14-9)8-16-11-5-3-4-6-15-11;1-9(2,8(10)11)15(12,13)7-3-5-14-6-4-7/h13,15,18H,5-12,14H2,1-4H3,(H,22,24);7,11H,3-6,8,13H2,1-2H3;7H,3-6H2,1-2H3,(H,10,11). The topological polar surface area (TPSA) is 268 Å². The molecule has 2 unspecified atom stereocenters. The van der Waals surface area contributed by atoms with Crippen LogP contribution in [-0.4, -0.2) is 130 Å². The van der Waals surface area contributed by atoms with Gasteiger partial charge in [-0.1, -0.05) is 38.0 Å². The van der Waals surface area contributed by atoms with Crippen LogP contribution < -0.4 is 11.1 Å². The molecule has 0 radical (unpaired) electrons. The zero-order valence-electron chi connectivity index (χ0n) is 38.1. The van der Waals surface area contributed by atoms with E-state index in [-0.39, 0.29) is 23.9 Å². The van der Waals surface area contributed by atoms with Crippen molar-refractivity contribution >= 4 is 43.3 Å². The predicted molar refractivity (Wildman–Crippen MR) is 233 cm³/mol. The number of aromatic nitrogens is 2. The van der Waals surface area contributed by atoms with Gasteiger partial charge in [0.15, 0.2) is 37.0 Å². The Hall–Kier alpha value is -3.18. The highest BCUT2D eigenvalue weighted by Crippen LogP contribution is 2.32. The van der Waals surface area contributed by atoms with Gasteiger partial charge in [0.2, 0.25) is 17.7 Å². The molecule has 0 bridgehead atoms. The minimum Gasteiger partial charge on any atom is -0.480 e. The zero-order valence-corrected chi connectivity index (χ0v) is 39.8. The van der Waals surface area contributed by atoms with Crippen LogP contribution in [0, 0.1) is 0 Å². The lowest BCUT2D eigenvalue weighted by molar-refractivity contribution is -0.170. The van der Waals surface area contributed by atoms with E-state index >= 15 is 0 Å². The van der Waals surface area contributed by atoms with Crippen molar-refractivity contribution in [3.8, 4) is 0 Å². The van der Waals surface area contributed by atoms with Crippen molar-refractivity contribution in [2.45, 2.75) is 163 Å². The monoisotopic (exact) mass is 934 g/mol. The molecule has 0 aromatic carbocycles. The van der Waals surface area contributed by atoms with Gasteiger partial charge < -0.3 is 48.3 Å². The molecule has 2 aromatic heterocycles. The van der Waals surface area contributed by atoms with E-state index in [4.69, 9.17) is 48.3 Å². The van der Waals surface area contributed by atoms with E-state index in [2.05, 4.69) is 15.6 Å². The molecule has 360 valence electrons. The van der Waals surface area contributed by atoms with Gasteiger partial charge in [0.1, 0.15) is 4.75 Å². The van der Waals surface area contributed by atoms with E-state index < -0.39 is 57.0 Å². The number of anilines is 2. The van der Waals surface area contributed by atoms with E-state index in [1.165, 1.54) is 34.1 Å². The maximum Gasteiger partial charge on any atom is 0.324 e. The molecule has 0 saturated carbocycles. The molecule has 1 amide bonds. The molecule has 4 N–H and O–H groups in total. The lowest BCUT2D eigenvalue weighted by atomic mass is 9.90. The van der Waals surface area contributed by atoms with Crippen molar-refractivity contribution in [2.24, 2.45) is 0 Å². The molecule has 4 saturated heterocycles. The second-order valence-corrected chi connectivity index (χ2v) is 24.2. The molecule has 19 nitrogen and oxygen atoms in total. The average molecular weight is 935 g/mol. The number of aliphatic carboxylic acids is 1. The number of hydrogen-bond donors (Lipinski definition) is 3. The van der Waals surface area contributed by atoms with Gasteiger partial charge >= 0.3 is 5.97 Å². The molecular weight excluding hydrogens is 865 g/mol. The van der Waals surface area contributed by atoms with Gasteiger partial charge in [-0.15, -0.1) is 0 Å². The number of nitrogens with two attached hydrogens (primary N) is 1. The van der Waals surface area contributed by atoms with E-state index in [0.29, 0.717) is 83.5 Å². The maximum atomic E-state index is 13.0. The van der Waals surface area contributed by atoms with Gasteiger partial charge in [0.25, 0.3) is 0 Å². The van der Waals surface area contributed by atoms with Crippen molar-refractivity contribution in [2.75, 3.05) is 63.9 Å². The van der Waals surface area contributed by atoms with Crippen LogP contribution in [0.3, 0.4) is 0 Å². The molecule has 0 aliphatic carbocycles. The lowest BCUT2D eigenvalue weighted by Gasteiger charge is -2.30. The van der Waals surface area contributed by atoms with E-state index in [1.807, 2.05) is 27.7 Å². The summed E-state index contributed by atoms with van der Waals surface area (Å²) in [6.07, 6.45) is 7.54. The third-order valence-corrected chi connectivity index (χ3v) is 17.8. The molecular formula is C42H70N4O15S2. The quantitative estimate of drug-likeness (QED) is 0.204. The van der Waals surface area contributed by atoms with Crippen molar-refractivity contribution in [1.82, 2.24) is 10.3 Å². The molecule has 6 heterocycles. The number of ether oxygens (including phenoxy) is 6. The van der Waals surface area contributed by atoms with Crippen LogP contribution in [0.2, 0.25) is 0 Å². The van der Waals surface area contributed by atoms with Crippen LogP contribution >= 0.6 is 0 Å². The molecule has 63 heavy (non-hydrogen) atoms. The smallest absolute Gasteiger partial charge is 0.324 e. The Morgan fingerprint density at radius 2 is 1.10 bits per heavy atom. The molecule has 4 aliphatic rings. The zero-order chi connectivity index (χ0) is 46.7. The lowest BCUT2D eigenvalue weighted by Crippen LogP contribution is -2.50. The third kappa shape index (κ3) is 13.9. The van der Waals surface area contributed by atoms with Crippen LogP contribution in [0.5, 0.6) is 0 Å². The number of carboxylic acid groups (broad SMARTS) is 1. The van der Waals surface area contributed by atoms with Gasteiger partial charge in [-0.05, 0) is 91.9 Å². The summed E-state index contributed by atoms with van der Waals surface area (Å²) in [6.45, 7) is 17.3.